The molecule has 0 fully saturated rings. The summed E-state index contributed by atoms with van der Waals surface area (Å²) in [4.78, 5) is 0. The lowest BCUT2D eigenvalue weighted by atomic mass is 10.1. The lowest BCUT2D eigenvalue weighted by Gasteiger charge is -2.16. The third-order valence-electron chi connectivity index (χ3n) is 5.35. The minimum Gasteiger partial charge on any atom is -0.306 e. The van der Waals surface area contributed by atoms with Gasteiger partial charge >= 0.3 is 0 Å². The van der Waals surface area contributed by atoms with Crippen LogP contribution in [-0.2, 0) is 6.54 Å². The quantitative estimate of drug-likeness (QED) is 0.499. The Morgan fingerprint density at radius 3 is 2.60 bits per heavy atom. The molecule has 4 aromatic rings. The molecule has 1 N–H and O–H groups in total. The summed E-state index contributed by atoms with van der Waals surface area (Å²) >= 11 is 0. The molecule has 5 nitrogen and oxygen atoms in total. The summed E-state index contributed by atoms with van der Waals surface area (Å²) in [5.41, 5.74) is 5.39. The molecule has 30 heavy (non-hydrogen) atoms. The Labute approximate surface area is 174 Å². The monoisotopic (exact) mass is 407 g/mol. The van der Waals surface area contributed by atoms with Gasteiger partial charge in [-0.05, 0) is 62.2 Å². The van der Waals surface area contributed by atoms with E-state index in [1.807, 2.05) is 36.9 Å². The van der Waals surface area contributed by atoms with Crippen molar-refractivity contribution >= 4 is 0 Å². The maximum absolute atomic E-state index is 14.2. The number of halogens is 2. The Bertz CT molecular complexity index is 1160. The van der Waals surface area contributed by atoms with Crippen molar-refractivity contribution in [3.8, 4) is 11.4 Å². The molecule has 2 aromatic carbocycles. The van der Waals surface area contributed by atoms with Crippen molar-refractivity contribution in [1.82, 2.24) is 24.9 Å². The van der Waals surface area contributed by atoms with Gasteiger partial charge in [0.2, 0.25) is 0 Å². The molecule has 0 aliphatic rings. The summed E-state index contributed by atoms with van der Waals surface area (Å²) < 4.78 is 30.7. The first-order valence-corrected chi connectivity index (χ1v) is 9.77. The van der Waals surface area contributed by atoms with Crippen molar-refractivity contribution in [1.29, 1.82) is 0 Å². The average molecular weight is 407 g/mol. The minimum atomic E-state index is -0.638. The van der Waals surface area contributed by atoms with Gasteiger partial charge in [-0.2, -0.15) is 10.2 Å². The lowest BCUT2D eigenvalue weighted by molar-refractivity contribution is 0.565. The fraction of sp³-hybridized carbons (Fsp3) is 0.217. The highest BCUT2D eigenvalue weighted by Crippen LogP contribution is 2.23. The van der Waals surface area contributed by atoms with E-state index in [1.54, 1.807) is 12.4 Å². The standard InChI is InChI=1S/C23H23F2N5/c1-15-11-20(29-10-4-9-27-29)7-5-18(15)13-26-16(2)21-14-28-30(17(21)3)23-8-6-19(24)12-22(23)25/h4-12,14,16,26H,13H2,1-3H3. The third-order valence-corrected chi connectivity index (χ3v) is 5.35. The van der Waals surface area contributed by atoms with E-state index in [0.29, 0.717) is 6.54 Å². The number of nitrogens with one attached hydrogen (secondary N) is 1. The number of hydrogen-bond donors (Lipinski definition) is 1. The Morgan fingerprint density at radius 2 is 1.90 bits per heavy atom. The Kier molecular flexibility index (Phi) is 5.46. The predicted molar refractivity (Wildman–Crippen MR) is 112 cm³/mol. The van der Waals surface area contributed by atoms with Gasteiger partial charge in [0, 0.05) is 42.3 Å². The van der Waals surface area contributed by atoms with Crippen molar-refractivity contribution < 1.29 is 8.78 Å². The molecule has 4 rings (SSSR count). The van der Waals surface area contributed by atoms with E-state index in [9.17, 15) is 8.78 Å². The molecular weight excluding hydrogens is 384 g/mol. The van der Waals surface area contributed by atoms with Gasteiger partial charge in [0.15, 0.2) is 5.82 Å². The van der Waals surface area contributed by atoms with Gasteiger partial charge in [0.1, 0.15) is 11.5 Å². The third kappa shape index (κ3) is 3.89. The smallest absolute Gasteiger partial charge is 0.151 e. The summed E-state index contributed by atoms with van der Waals surface area (Å²) in [6, 6.07) is 11.6. The van der Waals surface area contributed by atoms with Crippen LogP contribution >= 0.6 is 0 Å². The molecule has 154 valence electrons. The van der Waals surface area contributed by atoms with Crippen LogP contribution < -0.4 is 5.32 Å². The molecule has 0 radical (unpaired) electrons. The molecule has 0 spiro atoms. The van der Waals surface area contributed by atoms with Gasteiger partial charge in [0.05, 0.1) is 11.9 Å². The van der Waals surface area contributed by atoms with Gasteiger partial charge in [-0.3, -0.25) is 0 Å². The van der Waals surface area contributed by atoms with Crippen molar-refractivity contribution in [3.63, 3.8) is 0 Å². The molecule has 0 saturated carbocycles. The van der Waals surface area contributed by atoms with E-state index < -0.39 is 11.6 Å². The zero-order valence-electron chi connectivity index (χ0n) is 17.1. The molecule has 1 atom stereocenters. The minimum absolute atomic E-state index is 0.00690. The Morgan fingerprint density at radius 1 is 1.07 bits per heavy atom. The summed E-state index contributed by atoms with van der Waals surface area (Å²) in [6.07, 6.45) is 5.40. The fourth-order valence-electron chi connectivity index (χ4n) is 3.56. The van der Waals surface area contributed by atoms with Crippen LogP contribution in [0.15, 0.2) is 61.1 Å². The lowest BCUT2D eigenvalue weighted by Crippen LogP contribution is -2.19. The maximum Gasteiger partial charge on any atom is 0.151 e. The topological polar surface area (TPSA) is 47.7 Å². The van der Waals surface area contributed by atoms with Gasteiger partial charge in [-0.15, -0.1) is 0 Å². The van der Waals surface area contributed by atoms with Crippen LogP contribution in [0.4, 0.5) is 8.78 Å². The van der Waals surface area contributed by atoms with Crippen LogP contribution in [0.25, 0.3) is 11.4 Å². The van der Waals surface area contributed by atoms with Crippen molar-refractivity contribution in [2.45, 2.75) is 33.4 Å². The highest BCUT2D eigenvalue weighted by Gasteiger charge is 2.16. The van der Waals surface area contributed by atoms with E-state index in [2.05, 4.69) is 34.6 Å². The van der Waals surface area contributed by atoms with E-state index in [4.69, 9.17) is 0 Å². The van der Waals surface area contributed by atoms with Crippen molar-refractivity contribution in [2.75, 3.05) is 0 Å². The SMILES string of the molecule is Cc1cc(-n2cccn2)ccc1CNC(C)c1cnn(-c2ccc(F)cc2F)c1C. The molecule has 0 amide bonds. The summed E-state index contributed by atoms with van der Waals surface area (Å²) in [6.45, 7) is 6.69. The normalized spacial score (nSPS) is 12.3. The van der Waals surface area contributed by atoms with Crippen LogP contribution in [0, 0.1) is 25.5 Å². The average Bonchev–Trinajstić information content (AvgIpc) is 3.37. The molecule has 0 aliphatic carbocycles. The van der Waals surface area contributed by atoms with Gasteiger partial charge in [-0.1, -0.05) is 6.07 Å². The number of hydrogen-bond acceptors (Lipinski definition) is 3. The molecular formula is C23H23F2N5. The molecule has 0 bridgehead atoms. The van der Waals surface area contributed by atoms with E-state index in [0.717, 1.165) is 23.0 Å². The van der Waals surface area contributed by atoms with E-state index >= 15 is 0 Å². The first-order chi connectivity index (χ1) is 14.4. The summed E-state index contributed by atoms with van der Waals surface area (Å²) in [5.74, 6) is -1.24. The van der Waals surface area contributed by atoms with Gasteiger partial charge < -0.3 is 5.32 Å². The molecule has 2 aromatic heterocycles. The molecule has 0 saturated heterocycles. The zero-order chi connectivity index (χ0) is 21.3. The zero-order valence-corrected chi connectivity index (χ0v) is 17.1. The van der Waals surface area contributed by atoms with Crippen LogP contribution in [-0.4, -0.2) is 19.6 Å². The highest BCUT2D eigenvalue weighted by molar-refractivity contribution is 5.40. The largest absolute Gasteiger partial charge is 0.306 e. The van der Waals surface area contributed by atoms with Gasteiger partial charge in [-0.25, -0.2) is 18.1 Å². The van der Waals surface area contributed by atoms with Crippen LogP contribution in [0.5, 0.6) is 0 Å². The summed E-state index contributed by atoms with van der Waals surface area (Å²) in [7, 11) is 0. The number of rotatable bonds is 6. The van der Waals surface area contributed by atoms with E-state index in [1.165, 1.54) is 27.9 Å². The molecule has 7 heteroatoms. The van der Waals surface area contributed by atoms with Crippen molar-refractivity contribution in [2.24, 2.45) is 0 Å². The Balaban J connectivity index is 1.48. The molecule has 2 heterocycles. The fourth-order valence-corrected chi connectivity index (χ4v) is 3.56. The maximum atomic E-state index is 14.2. The van der Waals surface area contributed by atoms with Gasteiger partial charge in [0.25, 0.3) is 0 Å². The first-order valence-electron chi connectivity index (χ1n) is 9.77. The summed E-state index contributed by atoms with van der Waals surface area (Å²) in [5, 5.41) is 12.1. The van der Waals surface area contributed by atoms with E-state index in [-0.39, 0.29) is 11.7 Å². The second-order valence-corrected chi connectivity index (χ2v) is 7.36. The second-order valence-electron chi connectivity index (χ2n) is 7.36. The number of aryl methyl sites for hydroxylation is 1. The molecule has 0 aliphatic heterocycles. The number of aromatic nitrogens is 4. The number of benzene rings is 2. The van der Waals surface area contributed by atoms with Crippen LogP contribution in [0.1, 0.15) is 35.3 Å². The van der Waals surface area contributed by atoms with Crippen LogP contribution in [0.3, 0.4) is 0 Å². The first kappa shape index (κ1) is 20.0. The second kappa shape index (κ2) is 8.20. The highest BCUT2D eigenvalue weighted by atomic mass is 19.1. The number of nitrogens with zero attached hydrogens (tertiary/aromatic N) is 4. The predicted octanol–water partition coefficient (Wildman–Crippen LogP) is 4.80. The van der Waals surface area contributed by atoms with Crippen molar-refractivity contribution in [3.05, 3.63) is 95.1 Å². The Hall–Kier alpha value is -3.32. The van der Waals surface area contributed by atoms with Crippen LogP contribution in [0.2, 0.25) is 0 Å². The molecule has 1 unspecified atom stereocenters.